The van der Waals surface area contributed by atoms with Crippen LogP contribution < -0.4 is 9.47 Å². The molecule has 0 atom stereocenters. The third-order valence-electron chi connectivity index (χ3n) is 3.26. The third-order valence-corrected chi connectivity index (χ3v) is 3.26. The lowest BCUT2D eigenvalue weighted by molar-refractivity contribution is 0.112. The van der Waals surface area contributed by atoms with E-state index in [-0.39, 0.29) is 0 Å². The van der Waals surface area contributed by atoms with Crippen molar-refractivity contribution in [2.75, 3.05) is 14.2 Å². The topological polar surface area (TPSA) is 35.5 Å². The summed E-state index contributed by atoms with van der Waals surface area (Å²) >= 11 is 0. The average Bonchev–Trinajstić information content (AvgIpc) is 2.46. The first-order valence-electron chi connectivity index (χ1n) is 6.44. The lowest BCUT2D eigenvalue weighted by Gasteiger charge is -2.15. The number of carbonyl (C=O) groups is 1. The number of ether oxygens (including phenoxy) is 2. The molecule has 0 N–H and O–H groups in total. The van der Waals surface area contributed by atoms with Gasteiger partial charge in [-0.1, -0.05) is 29.8 Å². The van der Waals surface area contributed by atoms with E-state index in [2.05, 4.69) is 25.1 Å². The van der Waals surface area contributed by atoms with Gasteiger partial charge in [0, 0.05) is 12.0 Å². The van der Waals surface area contributed by atoms with Crippen LogP contribution in [0.15, 0.2) is 36.4 Å². The molecule has 0 fully saturated rings. The molecule has 0 aliphatic carbocycles. The van der Waals surface area contributed by atoms with E-state index < -0.39 is 0 Å². The van der Waals surface area contributed by atoms with E-state index >= 15 is 0 Å². The van der Waals surface area contributed by atoms with Crippen molar-refractivity contribution in [3.8, 4) is 11.5 Å². The van der Waals surface area contributed by atoms with Crippen molar-refractivity contribution in [2.45, 2.75) is 13.3 Å². The fraction of sp³-hybridized carbons (Fsp3) is 0.235. The Bertz CT molecular complexity index is 618. The first kappa shape index (κ1) is 14.1. The van der Waals surface area contributed by atoms with Gasteiger partial charge in [0.05, 0.1) is 19.8 Å². The Kier molecular flexibility index (Phi) is 4.41. The highest BCUT2D eigenvalue weighted by Crippen LogP contribution is 2.33. The summed E-state index contributed by atoms with van der Waals surface area (Å²) in [4.78, 5) is 11.1. The maximum atomic E-state index is 11.1. The van der Waals surface area contributed by atoms with E-state index in [1.165, 1.54) is 5.56 Å². The molecule has 0 aliphatic rings. The summed E-state index contributed by atoms with van der Waals surface area (Å²) in [7, 11) is 3.19. The van der Waals surface area contributed by atoms with Crippen LogP contribution in [0.1, 0.15) is 27.0 Å². The van der Waals surface area contributed by atoms with Crippen LogP contribution in [0, 0.1) is 6.92 Å². The van der Waals surface area contributed by atoms with E-state index in [1.54, 1.807) is 26.4 Å². The van der Waals surface area contributed by atoms with E-state index in [9.17, 15) is 4.79 Å². The van der Waals surface area contributed by atoms with Gasteiger partial charge in [0.1, 0.15) is 11.5 Å². The fourth-order valence-electron chi connectivity index (χ4n) is 2.35. The molecule has 0 amide bonds. The lowest BCUT2D eigenvalue weighted by atomic mass is 9.99. The second-order valence-corrected chi connectivity index (χ2v) is 4.65. The molecule has 104 valence electrons. The zero-order chi connectivity index (χ0) is 14.5. The Labute approximate surface area is 119 Å². The molecule has 2 aromatic carbocycles. The molecule has 0 spiro atoms. The Morgan fingerprint density at radius 2 is 1.90 bits per heavy atom. The van der Waals surface area contributed by atoms with Gasteiger partial charge < -0.3 is 9.47 Å². The lowest BCUT2D eigenvalue weighted by Crippen LogP contribution is -2.01. The van der Waals surface area contributed by atoms with Crippen LogP contribution in [0.2, 0.25) is 0 Å². The molecule has 0 unspecified atom stereocenters. The molecule has 20 heavy (non-hydrogen) atoms. The Morgan fingerprint density at radius 1 is 1.10 bits per heavy atom. The van der Waals surface area contributed by atoms with Crippen LogP contribution >= 0.6 is 0 Å². The van der Waals surface area contributed by atoms with Crippen LogP contribution in [0.3, 0.4) is 0 Å². The minimum absolute atomic E-state index is 0.538. The van der Waals surface area contributed by atoms with Crippen LogP contribution in [0.5, 0.6) is 11.5 Å². The standard InChI is InChI=1S/C17H18O3/c1-12-5-4-6-13(9-12)10-15-16(19-2)8-7-14(11-18)17(15)20-3/h4-9,11H,10H2,1-3H3. The molecule has 0 aliphatic heterocycles. The molecule has 0 saturated carbocycles. The highest BCUT2D eigenvalue weighted by molar-refractivity contribution is 5.81. The van der Waals surface area contributed by atoms with E-state index in [1.807, 2.05) is 6.07 Å². The quantitative estimate of drug-likeness (QED) is 0.781. The van der Waals surface area contributed by atoms with Crippen molar-refractivity contribution < 1.29 is 14.3 Å². The summed E-state index contributed by atoms with van der Waals surface area (Å²) in [6.45, 7) is 2.06. The van der Waals surface area contributed by atoms with E-state index in [0.29, 0.717) is 17.7 Å². The van der Waals surface area contributed by atoms with Crippen molar-refractivity contribution in [2.24, 2.45) is 0 Å². The summed E-state index contributed by atoms with van der Waals surface area (Å²) in [6, 6.07) is 11.8. The van der Waals surface area contributed by atoms with Gasteiger partial charge >= 0.3 is 0 Å². The van der Waals surface area contributed by atoms with Gasteiger partial charge in [-0.15, -0.1) is 0 Å². The molecular formula is C17H18O3. The van der Waals surface area contributed by atoms with Gasteiger partial charge in [-0.2, -0.15) is 0 Å². The summed E-state index contributed by atoms with van der Waals surface area (Å²) in [5.41, 5.74) is 3.79. The van der Waals surface area contributed by atoms with Gasteiger partial charge in [-0.05, 0) is 24.6 Å². The molecule has 0 saturated heterocycles. The molecule has 0 radical (unpaired) electrons. The van der Waals surface area contributed by atoms with Crippen molar-refractivity contribution in [1.29, 1.82) is 0 Å². The third kappa shape index (κ3) is 2.82. The summed E-state index contributed by atoms with van der Waals surface area (Å²) in [6.07, 6.45) is 1.47. The summed E-state index contributed by atoms with van der Waals surface area (Å²) in [5, 5.41) is 0. The Balaban J connectivity index is 2.50. The highest BCUT2D eigenvalue weighted by Gasteiger charge is 2.15. The zero-order valence-electron chi connectivity index (χ0n) is 12.0. The molecule has 0 bridgehead atoms. The zero-order valence-corrected chi connectivity index (χ0v) is 12.0. The second kappa shape index (κ2) is 6.24. The Morgan fingerprint density at radius 3 is 2.50 bits per heavy atom. The number of aryl methyl sites for hydroxylation is 1. The van der Waals surface area contributed by atoms with Crippen molar-refractivity contribution >= 4 is 6.29 Å². The number of hydrogen-bond acceptors (Lipinski definition) is 3. The smallest absolute Gasteiger partial charge is 0.153 e. The molecule has 3 nitrogen and oxygen atoms in total. The van der Waals surface area contributed by atoms with Gasteiger partial charge in [0.15, 0.2) is 6.29 Å². The summed E-state index contributed by atoms with van der Waals surface area (Å²) < 4.78 is 10.8. The van der Waals surface area contributed by atoms with Gasteiger partial charge in [0.25, 0.3) is 0 Å². The number of methoxy groups -OCH3 is 2. The van der Waals surface area contributed by atoms with Crippen LogP contribution in [0.25, 0.3) is 0 Å². The highest BCUT2D eigenvalue weighted by atomic mass is 16.5. The minimum Gasteiger partial charge on any atom is -0.496 e. The Hall–Kier alpha value is -2.29. The number of aldehydes is 1. The van der Waals surface area contributed by atoms with Crippen LogP contribution in [-0.2, 0) is 6.42 Å². The van der Waals surface area contributed by atoms with Crippen LogP contribution in [0.4, 0.5) is 0 Å². The predicted octanol–water partition coefficient (Wildman–Crippen LogP) is 3.42. The number of carbonyl (C=O) groups excluding carboxylic acids is 1. The van der Waals surface area contributed by atoms with Gasteiger partial charge in [-0.3, -0.25) is 4.79 Å². The predicted molar refractivity (Wildman–Crippen MR) is 78.9 cm³/mol. The van der Waals surface area contributed by atoms with E-state index in [0.717, 1.165) is 23.2 Å². The molecular weight excluding hydrogens is 252 g/mol. The molecule has 0 heterocycles. The average molecular weight is 270 g/mol. The number of benzene rings is 2. The number of rotatable bonds is 5. The van der Waals surface area contributed by atoms with Crippen molar-refractivity contribution in [3.05, 3.63) is 58.7 Å². The van der Waals surface area contributed by atoms with E-state index in [4.69, 9.17) is 9.47 Å². The molecule has 0 aromatic heterocycles. The molecule has 2 aromatic rings. The normalized spacial score (nSPS) is 10.2. The molecule has 2 rings (SSSR count). The minimum atomic E-state index is 0.538. The monoisotopic (exact) mass is 270 g/mol. The number of hydrogen-bond donors (Lipinski definition) is 0. The fourth-order valence-corrected chi connectivity index (χ4v) is 2.35. The first-order valence-corrected chi connectivity index (χ1v) is 6.44. The molecule has 3 heteroatoms. The summed E-state index contributed by atoms with van der Waals surface area (Å²) in [5.74, 6) is 1.31. The maximum Gasteiger partial charge on any atom is 0.153 e. The second-order valence-electron chi connectivity index (χ2n) is 4.65. The van der Waals surface area contributed by atoms with Crippen LogP contribution in [-0.4, -0.2) is 20.5 Å². The van der Waals surface area contributed by atoms with Gasteiger partial charge in [0.2, 0.25) is 0 Å². The van der Waals surface area contributed by atoms with Gasteiger partial charge in [-0.25, -0.2) is 0 Å². The SMILES string of the molecule is COc1ccc(C=O)c(OC)c1Cc1cccc(C)c1. The van der Waals surface area contributed by atoms with Crippen molar-refractivity contribution in [3.63, 3.8) is 0 Å². The first-order chi connectivity index (χ1) is 9.69. The largest absolute Gasteiger partial charge is 0.496 e. The maximum absolute atomic E-state index is 11.1. The van der Waals surface area contributed by atoms with Crippen molar-refractivity contribution in [1.82, 2.24) is 0 Å².